The van der Waals surface area contributed by atoms with Crippen LogP contribution in [0.3, 0.4) is 0 Å². The zero-order valence-electron chi connectivity index (χ0n) is 12.1. The first-order valence-electron chi connectivity index (χ1n) is 7.02. The summed E-state index contributed by atoms with van der Waals surface area (Å²) >= 11 is 0. The lowest BCUT2D eigenvalue weighted by Gasteiger charge is -2.28. The van der Waals surface area contributed by atoms with Crippen molar-refractivity contribution in [2.24, 2.45) is 0 Å². The van der Waals surface area contributed by atoms with Crippen molar-refractivity contribution >= 4 is 5.69 Å². The van der Waals surface area contributed by atoms with Gasteiger partial charge in [0.05, 0.1) is 13.2 Å². The molecule has 3 nitrogen and oxygen atoms in total. The van der Waals surface area contributed by atoms with Crippen molar-refractivity contribution < 1.29 is 14.2 Å². The van der Waals surface area contributed by atoms with Crippen molar-refractivity contribution in [1.82, 2.24) is 0 Å². The summed E-state index contributed by atoms with van der Waals surface area (Å²) in [6, 6.07) is 10.4. The number of rotatable bonds is 3. The molecule has 1 atom stereocenters. The lowest BCUT2D eigenvalue weighted by Crippen LogP contribution is -2.24. The van der Waals surface area contributed by atoms with E-state index in [9.17, 15) is 9.50 Å². The van der Waals surface area contributed by atoms with Gasteiger partial charge < -0.3 is 14.7 Å². The molecule has 0 saturated carbocycles. The molecule has 3 rings (SSSR count). The molecule has 21 heavy (non-hydrogen) atoms. The minimum Gasteiger partial charge on any atom is -0.504 e. The molecule has 1 aliphatic heterocycles. The minimum atomic E-state index is -0.212. The summed E-state index contributed by atoms with van der Waals surface area (Å²) in [5.41, 5.74) is 3.16. The third kappa shape index (κ3) is 2.42. The van der Waals surface area contributed by atoms with E-state index in [1.165, 1.54) is 18.7 Å². The van der Waals surface area contributed by atoms with Crippen LogP contribution in [0.4, 0.5) is 10.1 Å². The Morgan fingerprint density at radius 2 is 2.05 bits per heavy atom. The van der Waals surface area contributed by atoms with Crippen LogP contribution in [0.5, 0.6) is 11.5 Å². The van der Waals surface area contributed by atoms with Crippen molar-refractivity contribution in [3.63, 3.8) is 0 Å². The van der Waals surface area contributed by atoms with Crippen LogP contribution in [-0.4, -0.2) is 18.8 Å². The van der Waals surface area contributed by atoms with Crippen molar-refractivity contribution in [2.75, 3.05) is 18.6 Å². The molecular weight excluding hydrogens is 269 g/mol. The smallest absolute Gasteiger partial charge is 0.160 e. The number of aromatic hydroxyl groups is 1. The van der Waals surface area contributed by atoms with Gasteiger partial charge in [0.2, 0.25) is 0 Å². The third-order valence-corrected chi connectivity index (χ3v) is 4.13. The highest BCUT2D eigenvalue weighted by Crippen LogP contribution is 2.37. The number of nitrogens with zero attached hydrogens (tertiary/aromatic N) is 1. The average Bonchev–Trinajstić information content (AvgIpc) is 2.90. The highest BCUT2D eigenvalue weighted by molar-refractivity contribution is 5.60. The Hall–Kier alpha value is -2.23. The molecule has 0 aliphatic carbocycles. The van der Waals surface area contributed by atoms with Gasteiger partial charge in [-0.05, 0) is 48.7 Å². The maximum absolute atomic E-state index is 13.5. The Bertz CT molecular complexity index is 672. The van der Waals surface area contributed by atoms with Crippen molar-refractivity contribution in [2.45, 2.75) is 19.4 Å². The number of phenolic OH excluding ortho intramolecular Hbond substituents is 1. The number of halogens is 1. The molecule has 4 heteroatoms. The van der Waals surface area contributed by atoms with Gasteiger partial charge in [-0.1, -0.05) is 12.1 Å². The SMILES string of the molecule is COc1cc(C(C)N2CCc3ccc(F)cc32)ccc1O. The van der Waals surface area contributed by atoms with Gasteiger partial charge in [0.15, 0.2) is 11.5 Å². The molecular formula is C17H18FNO2. The molecule has 0 amide bonds. The summed E-state index contributed by atoms with van der Waals surface area (Å²) in [4.78, 5) is 2.18. The fourth-order valence-corrected chi connectivity index (χ4v) is 2.91. The molecule has 110 valence electrons. The van der Waals surface area contributed by atoms with E-state index >= 15 is 0 Å². The van der Waals surface area contributed by atoms with E-state index in [1.807, 2.05) is 18.2 Å². The van der Waals surface area contributed by atoms with E-state index < -0.39 is 0 Å². The second kappa shape index (κ2) is 5.28. The van der Waals surface area contributed by atoms with Crippen molar-refractivity contribution in [1.29, 1.82) is 0 Å². The average molecular weight is 287 g/mol. The van der Waals surface area contributed by atoms with Gasteiger partial charge in [-0.25, -0.2) is 4.39 Å². The molecule has 0 radical (unpaired) electrons. The van der Waals surface area contributed by atoms with Crippen LogP contribution in [0.25, 0.3) is 0 Å². The molecule has 0 saturated heterocycles. The number of ether oxygens (including phenoxy) is 1. The minimum absolute atomic E-state index is 0.0857. The monoisotopic (exact) mass is 287 g/mol. The molecule has 1 heterocycles. The van der Waals surface area contributed by atoms with Crippen LogP contribution in [0.2, 0.25) is 0 Å². The van der Waals surface area contributed by atoms with Crippen LogP contribution in [-0.2, 0) is 6.42 Å². The maximum atomic E-state index is 13.5. The second-order valence-corrected chi connectivity index (χ2v) is 5.32. The Morgan fingerprint density at radius 3 is 2.81 bits per heavy atom. The topological polar surface area (TPSA) is 32.7 Å². The van der Waals surface area contributed by atoms with Gasteiger partial charge in [0, 0.05) is 12.2 Å². The zero-order valence-corrected chi connectivity index (χ0v) is 12.1. The quantitative estimate of drug-likeness (QED) is 0.935. The number of phenols is 1. The maximum Gasteiger partial charge on any atom is 0.160 e. The Labute approximate surface area is 123 Å². The molecule has 1 unspecified atom stereocenters. The van der Waals surface area contributed by atoms with Crippen LogP contribution in [0.1, 0.15) is 24.1 Å². The lowest BCUT2D eigenvalue weighted by molar-refractivity contribution is 0.372. The predicted octanol–water partition coefficient (Wildman–Crippen LogP) is 3.66. The van der Waals surface area contributed by atoms with Crippen molar-refractivity contribution in [3.8, 4) is 11.5 Å². The first kappa shape index (κ1) is 13.7. The Balaban J connectivity index is 1.94. The number of anilines is 1. The number of hydrogen-bond acceptors (Lipinski definition) is 3. The standard InChI is InChI=1S/C17H18FNO2/c1-11(13-4-6-16(20)17(9-13)21-2)19-8-7-12-3-5-14(18)10-15(12)19/h3-6,9-11,20H,7-8H2,1-2H3. The molecule has 0 spiro atoms. The van der Waals surface area contributed by atoms with E-state index in [2.05, 4.69) is 11.8 Å². The number of hydrogen-bond donors (Lipinski definition) is 1. The highest BCUT2D eigenvalue weighted by Gasteiger charge is 2.25. The molecule has 1 aliphatic rings. The van der Waals surface area contributed by atoms with Crippen LogP contribution in [0, 0.1) is 5.82 Å². The second-order valence-electron chi connectivity index (χ2n) is 5.32. The summed E-state index contributed by atoms with van der Waals surface area (Å²) in [6.07, 6.45) is 0.926. The largest absolute Gasteiger partial charge is 0.504 e. The number of methoxy groups -OCH3 is 1. The normalized spacial score (nSPS) is 14.9. The van der Waals surface area contributed by atoms with Crippen LogP contribution < -0.4 is 9.64 Å². The lowest BCUT2D eigenvalue weighted by atomic mass is 10.1. The third-order valence-electron chi connectivity index (χ3n) is 4.13. The van der Waals surface area contributed by atoms with Gasteiger partial charge in [-0.2, -0.15) is 0 Å². The highest BCUT2D eigenvalue weighted by atomic mass is 19.1. The van der Waals surface area contributed by atoms with E-state index in [4.69, 9.17) is 4.74 Å². The fourth-order valence-electron chi connectivity index (χ4n) is 2.91. The fraction of sp³-hybridized carbons (Fsp3) is 0.294. The Kier molecular flexibility index (Phi) is 3.45. The van der Waals surface area contributed by atoms with E-state index in [1.54, 1.807) is 12.1 Å². The van der Waals surface area contributed by atoms with Crippen molar-refractivity contribution in [3.05, 3.63) is 53.3 Å². The molecule has 1 N–H and O–H groups in total. The summed E-state index contributed by atoms with van der Waals surface area (Å²) in [5, 5.41) is 9.69. The molecule has 0 bridgehead atoms. The van der Waals surface area contributed by atoms with Crippen LogP contribution >= 0.6 is 0 Å². The number of benzene rings is 2. The van der Waals surface area contributed by atoms with Crippen LogP contribution in [0.15, 0.2) is 36.4 Å². The summed E-state index contributed by atoms with van der Waals surface area (Å²) in [6.45, 7) is 2.94. The molecule has 2 aromatic carbocycles. The first-order valence-corrected chi connectivity index (χ1v) is 7.02. The zero-order chi connectivity index (χ0) is 15.0. The van der Waals surface area contributed by atoms with E-state index in [0.29, 0.717) is 5.75 Å². The van der Waals surface area contributed by atoms with Gasteiger partial charge in [-0.15, -0.1) is 0 Å². The van der Waals surface area contributed by atoms with Gasteiger partial charge in [0.1, 0.15) is 5.82 Å². The van der Waals surface area contributed by atoms with Gasteiger partial charge in [0.25, 0.3) is 0 Å². The van der Waals surface area contributed by atoms with Gasteiger partial charge >= 0.3 is 0 Å². The van der Waals surface area contributed by atoms with E-state index in [-0.39, 0.29) is 17.6 Å². The molecule has 0 fully saturated rings. The summed E-state index contributed by atoms with van der Waals surface area (Å²) in [5.74, 6) is 0.371. The molecule has 0 aromatic heterocycles. The summed E-state index contributed by atoms with van der Waals surface area (Å²) in [7, 11) is 1.53. The van der Waals surface area contributed by atoms with Gasteiger partial charge in [-0.3, -0.25) is 0 Å². The predicted molar refractivity (Wildman–Crippen MR) is 80.5 cm³/mol. The first-order chi connectivity index (χ1) is 10.1. The summed E-state index contributed by atoms with van der Waals surface area (Å²) < 4.78 is 18.7. The molecule has 2 aromatic rings. The number of fused-ring (bicyclic) bond motifs is 1. The van der Waals surface area contributed by atoms with E-state index in [0.717, 1.165) is 24.2 Å². The Morgan fingerprint density at radius 1 is 1.24 bits per heavy atom.